The highest BCUT2D eigenvalue weighted by atomic mass is 16.4. The number of aromatic nitrogens is 1. The second-order valence-corrected chi connectivity index (χ2v) is 4.72. The highest BCUT2D eigenvalue weighted by Gasteiger charge is 2.07. The Labute approximate surface area is 128 Å². The number of fused-ring (bicyclic) bond motifs is 1. The fraction of sp³-hybridized carbons (Fsp3) is 0.312. The lowest BCUT2D eigenvalue weighted by Gasteiger charge is -2.05. The van der Waals surface area contributed by atoms with E-state index in [2.05, 4.69) is 10.3 Å². The van der Waals surface area contributed by atoms with E-state index >= 15 is 0 Å². The molecule has 3 N–H and O–H groups in total. The number of aromatic carboxylic acids is 1. The fourth-order valence-electron chi connectivity index (χ4n) is 1.64. The summed E-state index contributed by atoms with van der Waals surface area (Å²) >= 11 is 0. The molecule has 22 heavy (non-hydrogen) atoms. The van der Waals surface area contributed by atoms with Crippen LogP contribution in [0.4, 0.5) is 0 Å². The lowest BCUT2D eigenvalue weighted by molar-refractivity contribution is -0.125. The number of benzene rings is 1. The number of nitrogens with one attached hydrogen (secondary N) is 1. The number of aliphatic hydroxyl groups excluding tert-OH is 1. The zero-order chi connectivity index (χ0) is 16.5. The first-order valence-corrected chi connectivity index (χ1v) is 6.96. The van der Waals surface area contributed by atoms with E-state index in [4.69, 9.17) is 10.2 Å². The summed E-state index contributed by atoms with van der Waals surface area (Å²) in [4.78, 5) is 25.4. The molecule has 6 nitrogen and oxygen atoms in total. The Morgan fingerprint density at radius 1 is 1.32 bits per heavy atom. The molecule has 0 aliphatic rings. The van der Waals surface area contributed by atoms with Gasteiger partial charge in [0, 0.05) is 17.5 Å². The molecule has 1 aromatic heterocycles. The van der Waals surface area contributed by atoms with E-state index in [0.29, 0.717) is 5.52 Å². The number of hydrogen-bond acceptors (Lipinski definition) is 4. The van der Waals surface area contributed by atoms with Crippen LogP contribution in [-0.4, -0.2) is 33.8 Å². The van der Waals surface area contributed by atoms with Crippen LogP contribution >= 0.6 is 0 Å². The molecule has 2 aromatic rings. The summed E-state index contributed by atoms with van der Waals surface area (Å²) < 4.78 is 0. The van der Waals surface area contributed by atoms with E-state index in [1.54, 1.807) is 24.4 Å². The molecule has 0 spiro atoms. The van der Waals surface area contributed by atoms with Gasteiger partial charge in [0.05, 0.1) is 11.1 Å². The van der Waals surface area contributed by atoms with E-state index in [-0.39, 0.29) is 24.1 Å². The van der Waals surface area contributed by atoms with Crippen LogP contribution in [0.25, 0.3) is 10.9 Å². The highest BCUT2D eigenvalue weighted by molar-refractivity contribution is 5.92. The monoisotopic (exact) mass is 304 g/mol. The first-order valence-electron chi connectivity index (χ1n) is 6.96. The zero-order valence-corrected chi connectivity index (χ0v) is 12.6. The van der Waals surface area contributed by atoms with Gasteiger partial charge in [-0.25, -0.2) is 4.79 Å². The molecule has 0 fully saturated rings. The highest BCUT2D eigenvalue weighted by Crippen LogP contribution is 2.12. The molecule has 0 saturated heterocycles. The van der Waals surface area contributed by atoms with Gasteiger partial charge >= 0.3 is 5.97 Å². The Bertz CT molecular complexity index is 643. The van der Waals surface area contributed by atoms with Crippen LogP contribution in [0.3, 0.4) is 0 Å². The predicted molar refractivity (Wildman–Crippen MR) is 83.4 cm³/mol. The van der Waals surface area contributed by atoms with Crippen molar-refractivity contribution < 1.29 is 19.8 Å². The van der Waals surface area contributed by atoms with Crippen molar-refractivity contribution in [3.63, 3.8) is 0 Å². The molecule has 1 heterocycles. The SMILES string of the molecule is CCC(C)C(=O)NCO.O=C(O)c1ccc2cccnc2c1. The van der Waals surface area contributed by atoms with Gasteiger partial charge in [0.15, 0.2) is 0 Å². The molecule has 0 aliphatic carbocycles. The van der Waals surface area contributed by atoms with Crippen LogP contribution in [-0.2, 0) is 4.79 Å². The van der Waals surface area contributed by atoms with Gasteiger partial charge in [-0.1, -0.05) is 26.0 Å². The summed E-state index contributed by atoms with van der Waals surface area (Å²) in [5.41, 5.74) is 0.980. The van der Waals surface area contributed by atoms with Crippen molar-refractivity contribution in [3.8, 4) is 0 Å². The minimum Gasteiger partial charge on any atom is -0.478 e. The minimum atomic E-state index is -0.924. The Kier molecular flexibility index (Phi) is 6.98. The van der Waals surface area contributed by atoms with Crippen molar-refractivity contribution in [2.45, 2.75) is 20.3 Å². The molecule has 0 bridgehead atoms. The van der Waals surface area contributed by atoms with E-state index in [9.17, 15) is 9.59 Å². The van der Waals surface area contributed by atoms with Gasteiger partial charge in [0.1, 0.15) is 6.73 Å². The van der Waals surface area contributed by atoms with Crippen molar-refractivity contribution >= 4 is 22.8 Å². The van der Waals surface area contributed by atoms with Crippen molar-refractivity contribution in [1.29, 1.82) is 0 Å². The summed E-state index contributed by atoms with van der Waals surface area (Å²) in [6.07, 6.45) is 2.46. The van der Waals surface area contributed by atoms with E-state index in [1.807, 2.05) is 26.0 Å². The first-order chi connectivity index (χ1) is 10.5. The Morgan fingerprint density at radius 2 is 2.05 bits per heavy atom. The number of aliphatic hydroxyl groups is 1. The summed E-state index contributed by atoms with van der Waals surface area (Å²) in [5.74, 6) is -0.996. The van der Waals surface area contributed by atoms with E-state index in [0.717, 1.165) is 11.8 Å². The van der Waals surface area contributed by atoms with Crippen LogP contribution < -0.4 is 5.32 Å². The van der Waals surface area contributed by atoms with Crippen molar-refractivity contribution in [2.24, 2.45) is 5.92 Å². The van der Waals surface area contributed by atoms with Crippen LogP contribution in [0.5, 0.6) is 0 Å². The molecule has 0 aliphatic heterocycles. The second-order valence-electron chi connectivity index (χ2n) is 4.72. The number of carbonyl (C=O) groups is 2. The maximum absolute atomic E-state index is 10.7. The molecule has 1 atom stereocenters. The van der Waals surface area contributed by atoms with Gasteiger partial charge in [-0.2, -0.15) is 0 Å². The topological polar surface area (TPSA) is 99.5 Å². The first kappa shape index (κ1) is 17.6. The summed E-state index contributed by atoms with van der Waals surface area (Å²) in [6, 6.07) is 8.62. The molecule has 6 heteroatoms. The molecule has 1 aromatic carbocycles. The van der Waals surface area contributed by atoms with E-state index in [1.165, 1.54) is 0 Å². The number of carboxylic acid groups (broad SMARTS) is 1. The third kappa shape index (κ3) is 5.14. The second kappa shape index (κ2) is 8.74. The Hall–Kier alpha value is -2.47. The summed E-state index contributed by atoms with van der Waals surface area (Å²) in [7, 11) is 0. The average Bonchev–Trinajstić information content (AvgIpc) is 2.54. The molecular formula is C16H20N2O4. The van der Waals surface area contributed by atoms with Gasteiger partial charge in [-0.05, 0) is 24.6 Å². The number of carbonyl (C=O) groups excluding carboxylic acids is 1. The van der Waals surface area contributed by atoms with Gasteiger partial charge in [-0.3, -0.25) is 9.78 Å². The van der Waals surface area contributed by atoms with Gasteiger partial charge in [-0.15, -0.1) is 0 Å². The Morgan fingerprint density at radius 3 is 2.64 bits per heavy atom. The van der Waals surface area contributed by atoms with Crippen LogP contribution in [0.1, 0.15) is 30.6 Å². The molecule has 118 valence electrons. The molecular weight excluding hydrogens is 284 g/mol. The third-order valence-electron chi connectivity index (χ3n) is 3.17. The molecule has 0 radical (unpaired) electrons. The lowest BCUT2D eigenvalue weighted by atomic mass is 10.1. The largest absolute Gasteiger partial charge is 0.478 e. The lowest BCUT2D eigenvalue weighted by Crippen LogP contribution is -2.29. The van der Waals surface area contributed by atoms with Crippen LogP contribution in [0.15, 0.2) is 36.5 Å². The maximum Gasteiger partial charge on any atom is 0.335 e. The third-order valence-corrected chi connectivity index (χ3v) is 3.17. The summed E-state index contributed by atoms with van der Waals surface area (Å²) in [6.45, 7) is 3.50. The smallest absolute Gasteiger partial charge is 0.335 e. The number of nitrogens with zero attached hydrogens (tertiary/aromatic N) is 1. The van der Waals surface area contributed by atoms with Crippen LogP contribution in [0.2, 0.25) is 0 Å². The number of rotatable bonds is 4. The molecule has 0 saturated carbocycles. The molecule has 2 rings (SSSR count). The summed E-state index contributed by atoms with van der Waals surface area (Å²) in [5, 5.41) is 20.2. The quantitative estimate of drug-likeness (QED) is 0.751. The number of carboxylic acids is 1. The number of pyridine rings is 1. The maximum atomic E-state index is 10.7. The fourth-order valence-corrected chi connectivity index (χ4v) is 1.64. The van der Waals surface area contributed by atoms with Gasteiger partial charge in [0.2, 0.25) is 5.91 Å². The minimum absolute atomic E-state index is 0.0112. The van der Waals surface area contributed by atoms with Crippen LogP contribution in [0, 0.1) is 5.92 Å². The standard InChI is InChI=1S/C10H7NO2.C6H13NO2/c12-10(13)8-4-3-7-2-1-5-11-9(7)6-8;1-3-5(2)6(9)7-4-8/h1-6H,(H,12,13);5,8H,3-4H2,1-2H3,(H,7,9). The Balaban J connectivity index is 0.000000239. The van der Waals surface area contributed by atoms with Gasteiger partial charge in [0.25, 0.3) is 0 Å². The number of hydrogen-bond donors (Lipinski definition) is 3. The van der Waals surface area contributed by atoms with Gasteiger partial charge < -0.3 is 15.5 Å². The van der Waals surface area contributed by atoms with Crippen molar-refractivity contribution in [2.75, 3.05) is 6.73 Å². The van der Waals surface area contributed by atoms with Crippen molar-refractivity contribution in [3.05, 3.63) is 42.1 Å². The van der Waals surface area contributed by atoms with E-state index < -0.39 is 5.97 Å². The average molecular weight is 304 g/mol. The predicted octanol–water partition coefficient (Wildman–Crippen LogP) is 2.03. The van der Waals surface area contributed by atoms with Crippen molar-refractivity contribution in [1.82, 2.24) is 10.3 Å². The normalized spacial score (nSPS) is 11.2. The zero-order valence-electron chi connectivity index (χ0n) is 12.6. The molecule has 1 unspecified atom stereocenters. The molecule has 1 amide bonds. The number of amides is 1.